The molecule has 0 bridgehead atoms. The summed E-state index contributed by atoms with van der Waals surface area (Å²) in [5.74, 6) is 0.765. The number of nitrogens with one attached hydrogen (secondary N) is 1. The van der Waals surface area contributed by atoms with Crippen LogP contribution in [0.3, 0.4) is 0 Å². The standard InChI is InChI=1S/C10H16N2O2/c1-8-4-3-5-10(11-8)12-9(6-13)7-14-2/h3-5,9,13H,6-7H2,1-2H3,(H,11,12). The van der Waals surface area contributed by atoms with Crippen LogP contribution in [0.2, 0.25) is 0 Å². The number of methoxy groups -OCH3 is 1. The summed E-state index contributed by atoms with van der Waals surface area (Å²) in [6.07, 6.45) is 0. The van der Waals surface area contributed by atoms with Crippen LogP contribution in [0.4, 0.5) is 5.82 Å². The largest absolute Gasteiger partial charge is 0.394 e. The summed E-state index contributed by atoms with van der Waals surface area (Å²) in [6, 6.07) is 5.61. The van der Waals surface area contributed by atoms with Crippen molar-refractivity contribution in [3.05, 3.63) is 23.9 Å². The van der Waals surface area contributed by atoms with Gasteiger partial charge >= 0.3 is 0 Å². The summed E-state index contributed by atoms with van der Waals surface area (Å²) in [6.45, 7) is 2.42. The third-order valence-corrected chi connectivity index (χ3v) is 1.83. The van der Waals surface area contributed by atoms with E-state index >= 15 is 0 Å². The van der Waals surface area contributed by atoms with Gasteiger partial charge in [-0.3, -0.25) is 0 Å². The van der Waals surface area contributed by atoms with Crippen LogP contribution >= 0.6 is 0 Å². The highest BCUT2D eigenvalue weighted by Crippen LogP contribution is 2.05. The van der Waals surface area contributed by atoms with Crippen LogP contribution in [0.25, 0.3) is 0 Å². The Hall–Kier alpha value is -1.13. The van der Waals surface area contributed by atoms with Gasteiger partial charge in [-0.2, -0.15) is 0 Å². The summed E-state index contributed by atoms with van der Waals surface area (Å²) in [4.78, 5) is 4.27. The third-order valence-electron chi connectivity index (χ3n) is 1.83. The van der Waals surface area contributed by atoms with Gasteiger partial charge in [0.05, 0.1) is 19.3 Å². The van der Waals surface area contributed by atoms with Crippen molar-refractivity contribution < 1.29 is 9.84 Å². The molecule has 1 heterocycles. The molecule has 78 valence electrons. The summed E-state index contributed by atoms with van der Waals surface area (Å²) >= 11 is 0. The number of ether oxygens (including phenoxy) is 1. The zero-order valence-electron chi connectivity index (χ0n) is 8.53. The van der Waals surface area contributed by atoms with Gasteiger partial charge in [0.25, 0.3) is 0 Å². The van der Waals surface area contributed by atoms with Crippen molar-refractivity contribution in [3.63, 3.8) is 0 Å². The first-order valence-corrected chi connectivity index (χ1v) is 4.56. The number of rotatable bonds is 5. The molecule has 1 rings (SSSR count). The Morgan fingerprint density at radius 3 is 2.93 bits per heavy atom. The van der Waals surface area contributed by atoms with Gasteiger partial charge in [0.2, 0.25) is 0 Å². The first-order valence-electron chi connectivity index (χ1n) is 4.56. The van der Waals surface area contributed by atoms with Gasteiger partial charge in [-0.05, 0) is 19.1 Å². The predicted octanol–water partition coefficient (Wildman–Crippen LogP) is 0.809. The Kier molecular flexibility index (Phi) is 4.35. The van der Waals surface area contributed by atoms with Crippen molar-refractivity contribution in [1.82, 2.24) is 4.98 Å². The van der Waals surface area contributed by atoms with Crippen molar-refractivity contribution >= 4 is 5.82 Å². The Labute approximate surface area is 83.9 Å². The van der Waals surface area contributed by atoms with Crippen molar-refractivity contribution in [2.24, 2.45) is 0 Å². The minimum absolute atomic E-state index is 0.0312. The van der Waals surface area contributed by atoms with Gasteiger partial charge in [0, 0.05) is 12.8 Å². The van der Waals surface area contributed by atoms with Crippen LogP contribution < -0.4 is 5.32 Å². The number of pyridine rings is 1. The van der Waals surface area contributed by atoms with E-state index in [1.165, 1.54) is 0 Å². The molecule has 4 heteroatoms. The van der Waals surface area contributed by atoms with Crippen molar-refractivity contribution in [1.29, 1.82) is 0 Å². The molecule has 0 fully saturated rings. The molecule has 0 aliphatic carbocycles. The quantitative estimate of drug-likeness (QED) is 0.731. The Morgan fingerprint density at radius 2 is 2.36 bits per heavy atom. The first-order chi connectivity index (χ1) is 6.76. The van der Waals surface area contributed by atoms with E-state index in [9.17, 15) is 0 Å². The molecule has 1 aromatic rings. The molecule has 1 atom stereocenters. The molecule has 4 nitrogen and oxygen atoms in total. The van der Waals surface area contributed by atoms with Gasteiger partial charge in [-0.1, -0.05) is 6.07 Å². The Bertz CT molecular complexity index is 279. The second-order valence-corrected chi connectivity index (χ2v) is 3.14. The van der Waals surface area contributed by atoms with Gasteiger partial charge < -0.3 is 15.2 Å². The average Bonchev–Trinajstić information content (AvgIpc) is 2.17. The molecule has 0 aliphatic heterocycles. The third kappa shape index (κ3) is 3.32. The molecule has 1 unspecified atom stereocenters. The summed E-state index contributed by atoms with van der Waals surface area (Å²) < 4.78 is 4.95. The highest BCUT2D eigenvalue weighted by Gasteiger charge is 2.06. The number of anilines is 1. The topological polar surface area (TPSA) is 54.4 Å². The van der Waals surface area contributed by atoms with Crippen molar-refractivity contribution in [2.75, 3.05) is 25.6 Å². The van der Waals surface area contributed by atoms with E-state index in [4.69, 9.17) is 9.84 Å². The SMILES string of the molecule is COCC(CO)Nc1cccc(C)n1. The summed E-state index contributed by atoms with van der Waals surface area (Å²) in [5.41, 5.74) is 0.948. The van der Waals surface area contributed by atoms with Crippen molar-refractivity contribution in [3.8, 4) is 0 Å². The maximum Gasteiger partial charge on any atom is 0.126 e. The monoisotopic (exact) mass is 196 g/mol. The van der Waals surface area contributed by atoms with Crippen LogP contribution in [-0.4, -0.2) is 36.5 Å². The van der Waals surface area contributed by atoms with Gasteiger partial charge in [-0.25, -0.2) is 4.98 Å². The fourth-order valence-corrected chi connectivity index (χ4v) is 1.17. The maximum absolute atomic E-state index is 9.02. The van der Waals surface area contributed by atoms with E-state index in [-0.39, 0.29) is 12.6 Å². The number of hydrogen-bond donors (Lipinski definition) is 2. The highest BCUT2D eigenvalue weighted by molar-refractivity contribution is 5.36. The summed E-state index contributed by atoms with van der Waals surface area (Å²) in [7, 11) is 1.61. The number of hydrogen-bond acceptors (Lipinski definition) is 4. The number of aliphatic hydroxyl groups is 1. The van der Waals surface area contributed by atoms with Gasteiger partial charge in [0.1, 0.15) is 5.82 Å². The normalized spacial score (nSPS) is 12.5. The van der Waals surface area contributed by atoms with Crippen LogP contribution in [-0.2, 0) is 4.74 Å². The van der Waals surface area contributed by atoms with Crippen molar-refractivity contribution in [2.45, 2.75) is 13.0 Å². The number of aromatic nitrogens is 1. The molecule has 2 N–H and O–H groups in total. The highest BCUT2D eigenvalue weighted by atomic mass is 16.5. The lowest BCUT2D eigenvalue weighted by Crippen LogP contribution is -2.29. The zero-order chi connectivity index (χ0) is 10.4. The van der Waals surface area contributed by atoms with Crippen LogP contribution in [0.5, 0.6) is 0 Å². The molecule has 0 aromatic carbocycles. The molecule has 0 radical (unpaired) electrons. The molecule has 0 saturated heterocycles. The van der Waals surface area contributed by atoms with Crippen LogP contribution in [0.15, 0.2) is 18.2 Å². The lowest BCUT2D eigenvalue weighted by Gasteiger charge is -2.15. The van der Waals surface area contributed by atoms with E-state index in [0.717, 1.165) is 11.5 Å². The zero-order valence-corrected chi connectivity index (χ0v) is 8.53. The van der Waals surface area contributed by atoms with E-state index < -0.39 is 0 Å². The Morgan fingerprint density at radius 1 is 1.57 bits per heavy atom. The number of aliphatic hydroxyl groups excluding tert-OH is 1. The molecule has 0 amide bonds. The molecular weight excluding hydrogens is 180 g/mol. The second-order valence-electron chi connectivity index (χ2n) is 3.14. The fraction of sp³-hybridized carbons (Fsp3) is 0.500. The molecule has 14 heavy (non-hydrogen) atoms. The second kappa shape index (κ2) is 5.57. The average molecular weight is 196 g/mol. The lowest BCUT2D eigenvalue weighted by molar-refractivity contribution is 0.153. The first kappa shape index (κ1) is 10.9. The minimum Gasteiger partial charge on any atom is -0.394 e. The molecule has 0 spiro atoms. The maximum atomic E-state index is 9.02. The minimum atomic E-state index is -0.103. The number of nitrogens with zero attached hydrogens (tertiary/aromatic N) is 1. The number of aryl methyl sites for hydroxylation is 1. The van der Waals surface area contributed by atoms with Gasteiger partial charge in [-0.15, -0.1) is 0 Å². The Balaban J connectivity index is 2.57. The van der Waals surface area contributed by atoms with Crippen LogP contribution in [0, 0.1) is 6.92 Å². The molecule has 1 aromatic heterocycles. The van der Waals surface area contributed by atoms with Crippen LogP contribution in [0.1, 0.15) is 5.69 Å². The van der Waals surface area contributed by atoms with E-state index in [0.29, 0.717) is 6.61 Å². The van der Waals surface area contributed by atoms with E-state index in [1.54, 1.807) is 7.11 Å². The van der Waals surface area contributed by atoms with E-state index in [2.05, 4.69) is 10.3 Å². The fourth-order valence-electron chi connectivity index (χ4n) is 1.17. The molecule has 0 aliphatic rings. The smallest absolute Gasteiger partial charge is 0.126 e. The molecule has 0 saturated carbocycles. The molecular formula is C10H16N2O2. The van der Waals surface area contributed by atoms with Gasteiger partial charge in [0.15, 0.2) is 0 Å². The van der Waals surface area contributed by atoms with E-state index in [1.807, 2.05) is 25.1 Å². The summed E-state index contributed by atoms with van der Waals surface area (Å²) in [5, 5.41) is 12.1. The predicted molar refractivity (Wildman–Crippen MR) is 55.3 cm³/mol. The lowest BCUT2D eigenvalue weighted by atomic mass is 10.3.